The maximum absolute atomic E-state index is 13.0. The van der Waals surface area contributed by atoms with E-state index in [9.17, 15) is 9.18 Å². The molecule has 3 N–H and O–H groups in total. The van der Waals surface area contributed by atoms with Crippen LogP contribution in [0, 0.1) is 19.7 Å². The zero-order valence-corrected chi connectivity index (χ0v) is 12.1. The molecule has 0 saturated carbocycles. The number of nitrogens with zero attached hydrogens (tertiary/aromatic N) is 1. The number of carbonyl (C=O) groups excluding carboxylic acids is 1. The van der Waals surface area contributed by atoms with Crippen molar-refractivity contribution in [1.82, 2.24) is 10.3 Å². The number of carbonyl (C=O) groups is 1. The molecule has 0 spiro atoms. The van der Waals surface area contributed by atoms with E-state index in [1.54, 1.807) is 12.1 Å². The van der Waals surface area contributed by atoms with E-state index >= 15 is 0 Å². The smallest absolute Gasteiger partial charge is 0.254 e. The summed E-state index contributed by atoms with van der Waals surface area (Å²) in [4.78, 5) is 16.1. The number of pyridine rings is 1. The molecule has 1 heterocycles. The van der Waals surface area contributed by atoms with Crippen molar-refractivity contribution in [3.63, 3.8) is 0 Å². The second-order valence-corrected chi connectivity index (χ2v) is 4.99. The molecule has 1 aromatic carbocycles. The molecule has 1 aromatic heterocycles. The molecule has 110 valence electrons. The van der Waals surface area contributed by atoms with Crippen LogP contribution in [0.2, 0.25) is 0 Å². The Morgan fingerprint density at radius 1 is 1.33 bits per heavy atom. The minimum atomic E-state index is -0.251. The van der Waals surface area contributed by atoms with Gasteiger partial charge < -0.3 is 11.1 Å². The van der Waals surface area contributed by atoms with Crippen molar-refractivity contribution in [2.75, 3.05) is 12.3 Å². The van der Waals surface area contributed by atoms with Crippen molar-refractivity contribution in [3.05, 3.63) is 58.7 Å². The molecule has 2 rings (SSSR count). The van der Waals surface area contributed by atoms with Crippen molar-refractivity contribution in [1.29, 1.82) is 0 Å². The van der Waals surface area contributed by atoms with Crippen LogP contribution in [0.15, 0.2) is 30.5 Å². The summed E-state index contributed by atoms with van der Waals surface area (Å²) in [6.45, 7) is 4.12. The third-order valence-electron chi connectivity index (χ3n) is 3.30. The van der Waals surface area contributed by atoms with Crippen LogP contribution in [0.3, 0.4) is 0 Å². The Bertz CT molecular complexity index is 671. The number of benzene rings is 1. The standard InChI is InChI=1S/C16H18FN3O/c1-10-7-13(17)4-3-12(10)5-6-19-16(21)14-9-20-11(2)8-15(14)18/h3-4,7-9H,5-6H2,1-2H3,(H2,18,20)(H,19,21). The molecule has 21 heavy (non-hydrogen) atoms. The molecule has 4 nitrogen and oxygen atoms in total. The maximum atomic E-state index is 13.0. The van der Waals surface area contributed by atoms with Crippen LogP contribution in [0.1, 0.15) is 27.2 Å². The summed E-state index contributed by atoms with van der Waals surface area (Å²) >= 11 is 0. The minimum absolute atomic E-state index is 0.250. The van der Waals surface area contributed by atoms with E-state index in [1.807, 2.05) is 13.8 Å². The Hall–Kier alpha value is -2.43. The molecular weight excluding hydrogens is 269 g/mol. The number of aryl methyl sites for hydroxylation is 2. The second kappa shape index (κ2) is 6.35. The fourth-order valence-corrected chi connectivity index (χ4v) is 2.12. The molecule has 1 amide bonds. The van der Waals surface area contributed by atoms with Crippen molar-refractivity contribution in [3.8, 4) is 0 Å². The lowest BCUT2D eigenvalue weighted by molar-refractivity contribution is 0.0954. The number of nitrogen functional groups attached to an aromatic ring is 1. The molecule has 0 bridgehead atoms. The van der Waals surface area contributed by atoms with E-state index in [2.05, 4.69) is 10.3 Å². The van der Waals surface area contributed by atoms with Crippen LogP contribution in [-0.2, 0) is 6.42 Å². The Balaban J connectivity index is 1.95. The first kappa shape index (κ1) is 15.0. The van der Waals surface area contributed by atoms with Crippen molar-refractivity contribution in [2.45, 2.75) is 20.3 Å². The van der Waals surface area contributed by atoms with Gasteiger partial charge in [0.1, 0.15) is 5.82 Å². The van der Waals surface area contributed by atoms with Gasteiger partial charge in [0.15, 0.2) is 0 Å². The molecule has 0 aliphatic heterocycles. The van der Waals surface area contributed by atoms with Crippen LogP contribution >= 0.6 is 0 Å². The van der Waals surface area contributed by atoms with Gasteiger partial charge in [-0.1, -0.05) is 6.07 Å². The van der Waals surface area contributed by atoms with Gasteiger partial charge in [-0.05, 0) is 49.6 Å². The van der Waals surface area contributed by atoms with Crippen molar-refractivity contribution in [2.24, 2.45) is 0 Å². The van der Waals surface area contributed by atoms with E-state index < -0.39 is 0 Å². The normalized spacial score (nSPS) is 10.4. The molecule has 2 aromatic rings. The number of nitrogens with two attached hydrogens (primary N) is 1. The molecule has 0 saturated heterocycles. The van der Waals surface area contributed by atoms with Crippen molar-refractivity contribution >= 4 is 11.6 Å². The number of nitrogens with one attached hydrogen (secondary N) is 1. The van der Waals surface area contributed by atoms with Crippen LogP contribution in [0.5, 0.6) is 0 Å². The summed E-state index contributed by atoms with van der Waals surface area (Å²) in [5.41, 5.74) is 9.24. The lowest BCUT2D eigenvalue weighted by Gasteiger charge is -2.09. The van der Waals surface area contributed by atoms with Gasteiger partial charge in [0.05, 0.1) is 5.56 Å². The van der Waals surface area contributed by atoms with E-state index in [0.717, 1.165) is 16.8 Å². The van der Waals surface area contributed by atoms with E-state index in [4.69, 9.17) is 5.73 Å². The van der Waals surface area contributed by atoms with Crippen LogP contribution in [0.4, 0.5) is 10.1 Å². The quantitative estimate of drug-likeness (QED) is 0.907. The summed E-state index contributed by atoms with van der Waals surface area (Å²) in [6.07, 6.45) is 2.11. The average molecular weight is 287 g/mol. The predicted molar refractivity (Wildman–Crippen MR) is 80.6 cm³/mol. The summed E-state index contributed by atoms with van der Waals surface area (Å²) in [5, 5.41) is 2.80. The third kappa shape index (κ3) is 3.78. The highest BCUT2D eigenvalue weighted by Crippen LogP contribution is 2.12. The molecule has 5 heteroatoms. The van der Waals surface area contributed by atoms with Crippen LogP contribution < -0.4 is 11.1 Å². The second-order valence-electron chi connectivity index (χ2n) is 4.99. The van der Waals surface area contributed by atoms with Gasteiger partial charge >= 0.3 is 0 Å². The highest BCUT2D eigenvalue weighted by molar-refractivity contribution is 5.98. The molecule has 0 fully saturated rings. The molecule has 0 aliphatic rings. The Morgan fingerprint density at radius 2 is 2.10 bits per heavy atom. The number of halogens is 1. The summed E-state index contributed by atoms with van der Waals surface area (Å²) in [7, 11) is 0. The van der Waals surface area contributed by atoms with Gasteiger partial charge in [-0.15, -0.1) is 0 Å². The number of rotatable bonds is 4. The van der Waals surface area contributed by atoms with Gasteiger partial charge in [-0.3, -0.25) is 9.78 Å². The van der Waals surface area contributed by atoms with Gasteiger partial charge in [-0.25, -0.2) is 4.39 Å². The zero-order valence-electron chi connectivity index (χ0n) is 12.1. The Kier molecular flexibility index (Phi) is 4.52. The number of hydrogen-bond acceptors (Lipinski definition) is 3. The number of amides is 1. The fourth-order valence-electron chi connectivity index (χ4n) is 2.12. The molecule has 0 atom stereocenters. The molecule has 0 aliphatic carbocycles. The summed E-state index contributed by atoms with van der Waals surface area (Å²) < 4.78 is 13.0. The molecule has 0 radical (unpaired) electrons. The van der Waals surface area contributed by atoms with Gasteiger partial charge in [-0.2, -0.15) is 0 Å². The molecule has 0 unspecified atom stereocenters. The highest BCUT2D eigenvalue weighted by atomic mass is 19.1. The minimum Gasteiger partial charge on any atom is -0.398 e. The lowest BCUT2D eigenvalue weighted by atomic mass is 10.1. The third-order valence-corrected chi connectivity index (χ3v) is 3.30. The van der Waals surface area contributed by atoms with Gasteiger partial charge in [0.2, 0.25) is 0 Å². The number of aromatic nitrogens is 1. The topological polar surface area (TPSA) is 68.0 Å². The fraction of sp³-hybridized carbons (Fsp3) is 0.250. The van der Waals surface area contributed by atoms with E-state index in [-0.39, 0.29) is 11.7 Å². The highest BCUT2D eigenvalue weighted by Gasteiger charge is 2.10. The van der Waals surface area contributed by atoms with Crippen LogP contribution in [0.25, 0.3) is 0 Å². The maximum Gasteiger partial charge on any atom is 0.254 e. The molecular formula is C16H18FN3O. The first-order chi connectivity index (χ1) is 9.97. The first-order valence-electron chi connectivity index (χ1n) is 6.72. The predicted octanol–water partition coefficient (Wildman–Crippen LogP) is 2.39. The monoisotopic (exact) mass is 287 g/mol. The van der Waals surface area contributed by atoms with Gasteiger partial charge in [0, 0.05) is 24.1 Å². The first-order valence-corrected chi connectivity index (χ1v) is 6.72. The Morgan fingerprint density at radius 3 is 2.76 bits per heavy atom. The number of hydrogen-bond donors (Lipinski definition) is 2. The lowest BCUT2D eigenvalue weighted by Crippen LogP contribution is -2.26. The average Bonchev–Trinajstić information content (AvgIpc) is 2.41. The van der Waals surface area contributed by atoms with E-state index in [1.165, 1.54) is 18.3 Å². The summed E-state index contributed by atoms with van der Waals surface area (Å²) in [5.74, 6) is -0.501. The van der Waals surface area contributed by atoms with Crippen LogP contribution in [-0.4, -0.2) is 17.4 Å². The Labute approximate surface area is 123 Å². The SMILES string of the molecule is Cc1cc(N)c(C(=O)NCCc2ccc(F)cc2C)cn1. The zero-order chi connectivity index (χ0) is 15.4. The van der Waals surface area contributed by atoms with E-state index in [0.29, 0.717) is 24.2 Å². The number of anilines is 1. The van der Waals surface area contributed by atoms with Crippen molar-refractivity contribution < 1.29 is 9.18 Å². The van der Waals surface area contributed by atoms with Gasteiger partial charge in [0.25, 0.3) is 5.91 Å². The largest absolute Gasteiger partial charge is 0.398 e. The summed E-state index contributed by atoms with van der Waals surface area (Å²) in [6, 6.07) is 6.31.